The number of ether oxygens (including phenoxy) is 1. The van der Waals surface area contributed by atoms with Crippen LogP contribution in [-0.2, 0) is 16.0 Å². The molecule has 0 saturated carbocycles. The van der Waals surface area contributed by atoms with E-state index >= 15 is 0 Å². The van der Waals surface area contributed by atoms with Crippen molar-refractivity contribution in [3.8, 4) is 11.1 Å². The molecule has 158 valence electrons. The van der Waals surface area contributed by atoms with Gasteiger partial charge in [0.2, 0.25) is 0 Å². The van der Waals surface area contributed by atoms with E-state index < -0.39 is 11.6 Å². The van der Waals surface area contributed by atoms with Crippen LogP contribution in [0.1, 0.15) is 49.9 Å². The first-order chi connectivity index (χ1) is 14.0. The average Bonchev–Trinajstić information content (AvgIpc) is 3.06. The molecule has 0 bridgehead atoms. The lowest BCUT2D eigenvalue weighted by atomic mass is 9.93. The van der Waals surface area contributed by atoms with E-state index in [-0.39, 0.29) is 6.09 Å². The standard InChI is InChI=1S/C25H29NO4/c1-15-13-21(16(2)11-20(15)12-17(3)23(27)28)18-7-8-22-19(14-18)9-10-26(22)24(29)30-25(4,5)6/h7-8,11-14H,9-10H2,1-6H3,(H,27,28)/b17-12+. The SMILES string of the molecule is C/C(=C\c1cc(C)c(-c2ccc3c(c2)CCN3C(=O)OC(C)(C)C)cc1C)C(=O)O. The number of aryl methyl sites for hydroxylation is 2. The van der Waals surface area contributed by atoms with E-state index in [1.807, 2.05) is 52.8 Å². The fourth-order valence-corrected chi connectivity index (χ4v) is 3.68. The first kappa shape index (κ1) is 21.6. The number of anilines is 1. The largest absolute Gasteiger partial charge is 0.478 e. The number of aliphatic carboxylic acids is 1. The molecule has 0 aliphatic carbocycles. The van der Waals surface area contributed by atoms with E-state index in [0.717, 1.165) is 45.5 Å². The molecule has 0 atom stereocenters. The number of carboxylic acid groups (broad SMARTS) is 1. The van der Waals surface area contributed by atoms with Crippen molar-refractivity contribution in [3.63, 3.8) is 0 Å². The number of benzene rings is 2. The van der Waals surface area contributed by atoms with Gasteiger partial charge in [-0.2, -0.15) is 0 Å². The summed E-state index contributed by atoms with van der Waals surface area (Å²) < 4.78 is 5.53. The topological polar surface area (TPSA) is 66.8 Å². The van der Waals surface area contributed by atoms with Gasteiger partial charge in [-0.1, -0.05) is 18.2 Å². The lowest BCUT2D eigenvalue weighted by Gasteiger charge is -2.24. The van der Waals surface area contributed by atoms with Crippen LogP contribution in [0.3, 0.4) is 0 Å². The van der Waals surface area contributed by atoms with Crippen LogP contribution in [0.25, 0.3) is 17.2 Å². The fraction of sp³-hybridized carbons (Fsp3) is 0.360. The maximum atomic E-state index is 12.5. The molecule has 30 heavy (non-hydrogen) atoms. The summed E-state index contributed by atoms with van der Waals surface area (Å²) in [6.45, 7) is 11.8. The second-order valence-electron chi connectivity index (χ2n) is 8.88. The monoisotopic (exact) mass is 407 g/mol. The van der Waals surface area contributed by atoms with Crippen LogP contribution in [0.4, 0.5) is 10.5 Å². The van der Waals surface area contributed by atoms with Crippen molar-refractivity contribution in [2.75, 3.05) is 11.4 Å². The number of carbonyl (C=O) groups is 2. The number of carboxylic acids is 1. The molecule has 3 rings (SSSR count). The molecular formula is C25H29NO4. The number of fused-ring (bicyclic) bond motifs is 1. The van der Waals surface area contributed by atoms with Gasteiger partial charge in [-0.15, -0.1) is 0 Å². The Morgan fingerprint density at radius 1 is 1.10 bits per heavy atom. The molecule has 0 unspecified atom stereocenters. The Kier molecular flexibility index (Phi) is 5.75. The Morgan fingerprint density at radius 2 is 1.80 bits per heavy atom. The highest BCUT2D eigenvalue weighted by molar-refractivity contribution is 5.92. The molecule has 0 aromatic heterocycles. The third kappa shape index (κ3) is 4.56. The van der Waals surface area contributed by atoms with Crippen molar-refractivity contribution in [2.24, 2.45) is 0 Å². The lowest BCUT2D eigenvalue weighted by Crippen LogP contribution is -2.35. The molecular weight excluding hydrogens is 378 g/mol. The summed E-state index contributed by atoms with van der Waals surface area (Å²) in [6, 6.07) is 10.3. The summed E-state index contributed by atoms with van der Waals surface area (Å²) in [5.41, 5.74) is 7.02. The van der Waals surface area contributed by atoms with E-state index in [0.29, 0.717) is 12.1 Å². The van der Waals surface area contributed by atoms with Crippen LogP contribution in [0.15, 0.2) is 35.9 Å². The second kappa shape index (κ2) is 7.98. The Hall–Kier alpha value is -3.08. The highest BCUT2D eigenvalue weighted by Crippen LogP contribution is 2.35. The van der Waals surface area contributed by atoms with E-state index in [2.05, 4.69) is 12.1 Å². The highest BCUT2D eigenvalue weighted by atomic mass is 16.6. The Balaban J connectivity index is 1.92. The van der Waals surface area contributed by atoms with E-state index in [9.17, 15) is 9.59 Å². The van der Waals surface area contributed by atoms with Crippen molar-refractivity contribution in [3.05, 3.63) is 58.2 Å². The minimum atomic E-state index is -0.913. The molecule has 1 heterocycles. The van der Waals surface area contributed by atoms with E-state index in [4.69, 9.17) is 9.84 Å². The zero-order chi connectivity index (χ0) is 22.2. The van der Waals surface area contributed by atoms with Crippen LogP contribution in [-0.4, -0.2) is 29.3 Å². The summed E-state index contributed by atoms with van der Waals surface area (Å²) in [4.78, 5) is 25.3. The van der Waals surface area contributed by atoms with Crippen LogP contribution in [0.5, 0.6) is 0 Å². The molecule has 1 aliphatic heterocycles. The van der Waals surface area contributed by atoms with Gasteiger partial charge in [0, 0.05) is 12.1 Å². The van der Waals surface area contributed by atoms with Gasteiger partial charge in [0.05, 0.1) is 5.69 Å². The summed E-state index contributed by atoms with van der Waals surface area (Å²) >= 11 is 0. The molecule has 0 fully saturated rings. The maximum Gasteiger partial charge on any atom is 0.414 e. The molecule has 1 N–H and O–H groups in total. The van der Waals surface area contributed by atoms with Crippen molar-refractivity contribution in [1.82, 2.24) is 0 Å². The van der Waals surface area contributed by atoms with Crippen LogP contribution >= 0.6 is 0 Å². The molecule has 0 radical (unpaired) electrons. The molecule has 2 aromatic carbocycles. The zero-order valence-electron chi connectivity index (χ0n) is 18.5. The first-order valence-electron chi connectivity index (χ1n) is 10.1. The third-order valence-corrected chi connectivity index (χ3v) is 5.22. The predicted molar refractivity (Wildman–Crippen MR) is 120 cm³/mol. The van der Waals surface area contributed by atoms with Crippen molar-refractivity contribution >= 4 is 23.8 Å². The van der Waals surface area contributed by atoms with Crippen LogP contribution in [0.2, 0.25) is 0 Å². The van der Waals surface area contributed by atoms with Gasteiger partial charge in [0.25, 0.3) is 0 Å². The number of hydrogen-bond acceptors (Lipinski definition) is 3. The number of nitrogens with zero attached hydrogens (tertiary/aromatic N) is 1. The molecule has 0 spiro atoms. The van der Waals surface area contributed by atoms with Crippen LogP contribution in [0, 0.1) is 13.8 Å². The number of hydrogen-bond donors (Lipinski definition) is 1. The number of rotatable bonds is 3. The zero-order valence-corrected chi connectivity index (χ0v) is 18.5. The Morgan fingerprint density at radius 3 is 2.43 bits per heavy atom. The lowest BCUT2D eigenvalue weighted by molar-refractivity contribution is -0.132. The fourth-order valence-electron chi connectivity index (χ4n) is 3.68. The first-order valence-corrected chi connectivity index (χ1v) is 10.1. The van der Waals surface area contributed by atoms with Gasteiger partial charge in [0.15, 0.2) is 0 Å². The third-order valence-electron chi connectivity index (χ3n) is 5.22. The molecule has 5 nitrogen and oxygen atoms in total. The van der Waals surface area contributed by atoms with Gasteiger partial charge in [-0.3, -0.25) is 4.90 Å². The minimum Gasteiger partial charge on any atom is -0.478 e. The molecule has 0 saturated heterocycles. The van der Waals surface area contributed by atoms with Gasteiger partial charge >= 0.3 is 12.1 Å². The van der Waals surface area contributed by atoms with Gasteiger partial charge < -0.3 is 9.84 Å². The second-order valence-corrected chi connectivity index (χ2v) is 8.88. The Bertz CT molecular complexity index is 1040. The molecule has 2 aromatic rings. The highest BCUT2D eigenvalue weighted by Gasteiger charge is 2.29. The molecule has 5 heteroatoms. The molecule has 1 aliphatic rings. The average molecular weight is 408 g/mol. The van der Waals surface area contributed by atoms with Crippen molar-refractivity contribution in [1.29, 1.82) is 0 Å². The van der Waals surface area contributed by atoms with E-state index in [1.165, 1.54) is 0 Å². The predicted octanol–water partition coefficient (Wildman–Crippen LogP) is 5.76. The van der Waals surface area contributed by atoms with Crippen molar-refractivity contribution < 1.29 is 19.4 Å². The van der Waals surface area contributed by atoms with Crippen molar-refractivity contribution in [2.45, 2.75) is 53.6 Å². The smallest absolute Gasteiger partial charge is 0.414 e. The van der Waals surface area contributed by atoms with Gasteiger partial charge in [-0.25, -0.2) is 9.59 Å². The Labute approximate surface area is 178 Å². The van der Waals surface area contributed by atoms with E-state index in [1.54, 1.807) is 17.9 Å². The quantitative estimate of drug-likeness (QED) is 0.657. The van der Waals surface area contributed by atoms with Gasteiger partial charge in [0.1, 0.15) is 5.60 Å². The summed E-state index contributed by atoms with van der Waals surface area (Å²) in [5.74, 6) is -0.913. The minimum absolute atomic E-state index is 0.310. The van der Waals surface area contributed by atoms with Gasteiger partial charge in [-0.05, 0) is 99.6 Å². The summed E-state index contributed by atoms with van der Waals surface area (Å²) in [6.07, 6.45) is 2.18. The number of amides is 1. The number of carbonyl (C=O) groups excluding carboxylic acids is 1. The maximum absolute atomic E-state index is 12.5. The van der Waals surface area contributed by atoms with Crippen LogP contribution < -0.4 is 4.90 Å². The molecule has 1 amide bonds. The summed E-state index contributed by atoms with van der Waals surface area (Å²) in [7, 11) is 0. The summed E-state index contributed by atoms with van der Waals surface area (Å²) in [5, 5.41) is 9.14. The normalized spacial score (nSPS) is 13.9.